The number of aromatic nitrogens is 5. The minimum absolute atomic E-state index is 0.116. The zero-order valence-corrected chi connectivity index (χ0v) is 17.1. The molecule has 0 spiro atoms. The van der Waals surface area contributed by atoms with E-state index in [0.717, 1.165) is 5.56 Å². The number of thioether (sulfide) groups is 1. The summed E-state index contributed by atoms with van der Waals surface area (Å²) >= 11 is 1.31. The van der Waals surface area contributed by atoms with E-state index in [9.17, 15) is 9.59 Å². The van der Waals surface area contributed by atoms with Gasteiger partial charge in [-0.25, -0.2) is 4.79 Å². The molecule has 8 nitrogen and oxygen atoms in total. The average Bonchev–Trinajstić information content (AvgIpc) is 3.20. The molecular formula is C19H21N5O3S. The molecule has 0 fully saturated rings. The van der Waals surface area contributed by atoms with Gasteiger partial charge in [0.25, 0.3) is 0 Å². The first-order valence-electron chi connectivity index (χ1n) is 8.63. The van der Waals surface area contributed by atoms with Crippen LogP contribution in [0.4, 0.5) is 0 Å². The highest BCUT2D eigenvalue weighted by molar-refractivity contribution is 8.00. The molecule has 3 aromatic heterocycles. The second-order valence-electron chi connectivity index (χ2n) is 6.34. The van der Waals surface area contributed by atoms with Gasteiger partial charge >= 0.3 is 5.97 Å². The van der Waals surface area contributed by atoms with Crippen LogP contribution in [0.3, 0.4) is 0 Å². The third-order valence-electron chi connectivity index (χ3n) is 4.50. The largest absolute Gasteiger partial charge is 0.465 e. The number of carbonyl (C=O) groups is 2. The Morgan fingerprint density at radius 2 is 1.89 bits per heavy atom. The summed E-state index contributed by atoms with van der Waals surface area (Å²) in [5.41, 5.74) is 2.92. The lowest BCUT2D eigenvalue weighted by atomic mass is 10.1. The van der Waals surface area contributed by atoms with E-state index in [-0.39, 0.29) is 5.78 Å². The van der Waals surface area contributed by atoms with Crippen LogP contribution in [-0.4, -0.2) is 48.8 Å². The van der Waals surface area contributed by atoms with Crippen molar-refractivity contribution in [1.82, 2.24) is 24.7 Å². The fraction of sp³-hybridized carbons (Fsp3) is 0.316. The lowest BCUT2D eigenvalue weighted by Crippen LogP contribution is -2.16. The summed E-state index contributed by atoms with van der Waals surface area (Å²) < 4.78 is 6.65. The number of ketones is 1. The van der Waals surface area contributed by atoms with E-state index in [1.165, 1.54) is 18.9 Å². The Morgan fingerprint density at radius 3 is 2.54 bits per heavy atom. The Hall–Kier alpha value is -2.94. The summed E-state index contributed by atoms with van der Waals surface area (Å²) in [6, 6.07) is 3.71. The number of pyridine rings is 1. The van der Waals surface area contributed by atoms with Crippen molar-refractivity contribution >= 4 is 23.5 Å². The number of hydrogen-bond donors (Lipinski definition) is 1. The number of methoxy groups -OCH3 is 1. The minimum Gasteiger partial charge on any atom is -0.465 e. The molecule has 3 heterocycles. The van der Waals surface area contributed by atoms with Crippen LogP contribution < -0.4 is 0 Å². The van der Waals surface area contributed by atoms with Crippen LogP contribution in [0.25, 0.3) is 11.4 Å². The van der Waals surface area contributed by atoms with Crippen molar-refractivity contribution in [3.8, 4) is 11.4 Å². The van der Waals surface area contributed by atoms with Gasteiger partial charge in [0.15, 0.2) is 16.8 Å². The number of nitrogens with zero attached hydrogens (tertiary/aromatic N) is 4. The number of H-pyrrole nitrogens is 1. The molecule has 1 atom stereocenters. The number of hydrogen-bond acceptors (Lipinski definition) is 7. The Bertz CT molecular complexity index is 1030. The molecule has 0 amide bonds. The van der Waals surface area contributed by atoms with Gasteiger partial charge in [0.1, 0.15) is 0 Å². The van der Waals surface area contributed by atoms with Crippen molar-refractivity contribution in [2.24, 2.45) is 7.05 Å². The van der Waals surface area contributed by atoms with Gasteiger partial charge in [-0.2, -0.15) is 0 Å². The van der Waals surface area contributed by atoms with Crippen LogP contribution in [0.1, 0.15) is 39.0 Å². The molecule has 0 aliphatic heterocycles. The maximum Gasteiger partial charge on any atom is 0.339 e. The molecule has 1 unspecified atom stereocenters. The van der Waals surface area contributed by atoms with E-state index in [4.69, 9.17) is 4.74 Å². The molecule has 3 rings (SSSR count). The van der Waals surface area contributed by atoms with Crippen LogP contribution in [0.15, 0.2) is 29.7 Å². The highest BCUT2D eigenvalue weighted by atomic mass is 32.2. The predicted molar refractivity (Wildman–Crippen MR) is 105 cm³/mol. The van der Waals surface area contributed by atoms with E-state index in [0.29, 0.717) is 33.5 Å². The van der Waals surface area contributed by atoms with Gasteiger partial charge in [-0.05, 0) is 38.5 Å². The number of carbonyl (C=O) groups excluding carboxylic acids is 2. The Labute approximate surface area is 166 Å². The van der Waals surface area contributed by atoms with Gasteiger partial charge in [-0.1, -0.05) is 11.8 Å². The quantitative estimate of drug-likeness (QED) is 0.386. The third kappa shape index (κ3) is 3.57. The second-order valence-corrected chi connectivity index (χ2v) is 7.65. The molecular weight excluding hydrogens is 378 g/mol. The van der Waals surface area contributed by atoms with Crippen molar-refractivity contribution in [2.45, 2.75) is 31.2 Å². The second kappa shape index (κ2) is 7.97. The Balaban J connectivity index is 1.83. The predicted octanol–water partition coefficient (Wildman–Crippen LogP) is 2.97. The molecule has 0 bridgehead atoms. The summed E-state index contributed by atoms with van der Waals surface area (Å²) in [4.78, 5) is 31.9. The van der Waals surface area contributed by atoms with E-state index in [2.05, 4.69) is 20.2 Å². The van der Waals surface area contributed by atoms with E-state index >= 15 is 0 Å². The molecule has 3 aromatic rings. The number of nitrogens with one attached hydrogen (secondary N) is 1. The van der Waals surface area contributed by atoms with Gasteiger partial charge in [-0.15, -0.1) is 10.2 Å². The van der Waals surface area contributed by atoms with E-state index in [1.54, 1.807) is 33.2 Å². The first-order chi connectivity index (χ1) is 13.3. The summed E-state index contributed by atoms with van der Waals surface area (Å²) in [5, 5.41) is 8.64. The molecule has 0 aliphatic carbocycles. The molecule has 0 radical (unpaired) electrons. The third-order valence-corrected chi connectivity index (χ3v) is 5.63. The molecule has 0 saturated heterocycles. The number of rotatable bonds is 6. The highest BCUT2D eigenvalue weighted by Gasteiger charge is 2.27. The first-order valence-corrected chi connectivity index (χ1v) is 9.51. The normalized spacial score (nSPS) is 12.0. The number of ether oxygens (including phenoxy) is 1. The molecule has 146 valence electrons. The fourth-order valence-corrected chi connectivity index (χ4v) is 3.86. The fourth-order valence-electron chi connectivity index (χ4n) is 2.99. The number of aryl methyl sites for hydroxylation is 1. The van der Waals surface area contributed by atoms with Crippen LogP contribution in [0.5, 0.6) is 0 Å². The Kier molecular flexibility index (Phi) is 5.64. The SMILES string of the molecule is COC(=O)c1c(C)[nH]c(C(=O)C(C)Sc2nnc(-c3ccncc3)n2C)c1C. The van der Waals surface area contributed by atoms with E-state index in [1.807, 2.05) is 23.7 Å². The smallest absolute Gasteiger partial charge is 0.339 e. The average molecular weight is 399 g/mol. The minimum atomic E-state index is -0.457. The van der Waals surface area contributed by atoms with Crippen molar-refractivity contribution in [1.29, 1.82) is 0 Å². The lowest BCUT2D eigenvalue weighted by Gasteiger charge is -2.10. The number of aromatic amines is 1. The van der Waals surface area contributed by atoms with Gasteiger partial charge in [-0.3, -0.25) is 9.78 Å². The number of esters is 1. The zero-order valence-electron chi connectivity index (χ0n) is 16.3. The zero-order chi connectivity index (χ0) is 20.4. The summed E-state index contributed by atoms with van der Waals surface area (Å²) in [6.07, 6.45) is 3.39. The maximum absolute atomic E-state index is 13.0. The van der Waals surface area contributed by atoms with Crippen molar-refractivity contribution < 1.29 is 14.3 Å². The van der Waals surface area contributed by atoms with Gasteiger partial charge in [0, 0.05) is 30.7 Å². The van der Waals surface area contributed by atoms with Gasteiger partial charge < -0.3 is 14.3 Å². The summed E-state index contributed by atoms with van der Waals surface area (Å²) in [6.45, 7) is 5.29. The Morgan fingerprint density at radius 1 is 1.21 bits per heavy atom. The molecule has 28 heavy (non-hydrogen) atoms. The lowest BCUT2D eigenvalue weighted by molar-refractivity contribution is 0.0599. The standard InChI is InChI=1S/C19H21N5O3S/c1-10-14(18(26)27-5)11(2)21-15(10)16(25)12(3)28-19-23-22-17(24(19)4)13-6-8-20-9-7-13/h6-9,12,21H,1-5H3. The van der Waals surface area contributed by atoms with Gasteiger partial charge in [0.05, 0.1) is 23.6 Å². The van der Waals surface area contributed by atoms with E-state index < -0.39 is 11.2 Å². The first kappa shape index (κ1) is 19.8. The molecule has 1 N–H and O–H groups in total. The summed E-state index contributed by atoms with van der Waals surface area (Å²) in [5.74, 6) is 0.125. The topological polar surface area (TPSA) is 103 Å². The molecule has 0 aromatic carbocycles. The van der Waals surface area contributed by atoms with Crippen LogP contribution in [0, 0.1) is 13.8 Å². The molecule has 0 saturated carbocycles. The highest BCUT2D eigenvalue weighted by Crippen LogP contribution is 2.29. The van der Waals surface area contributed by atoms with Gasteiger partial charge in [0.2, 0.25) is 0 Å². The number of Topliss-reactive ketones (excluding diaryl/α,β-unsaturated/α-hetero) is 1. The van der Waals surface area contributed by atoms with Crippen LogP contribution >= 0.6 is 11.8 Å². The summed E-state index contributed by atoms with van der Waals surface area (Å²) in [7, 11) is 3.18. The molecule has 0 aliphatic rings. The van der Waals surface area contributed by atoms with Crippen molar-refractivity contribution in [2.75, 3.05) is 7.11 Å². The van der Waals surface area contributed by atoms with Crippen LogP contribution in [0.2, 0.25) is 0 Å². The monoisotopic (exact) mass is 399 g/mol. The van der Waals surface area contributed by atoms with Crippen molar-refractivity contribution in [3.63, 3.8) is 0 Å². The van der Waals surface area contributed by atoms with Crippen LogP contribution in [-0.2, 0) is 11.8 Å². The van der Waals surface area contributed by atoms with Crippen molar-refractivity contribution in [3.05, 3.63) is 47.0 Å². The maximum atomic E-state index is 13.0. The molecule has 9 heteroatoms.